The summed E-state index contributed by atoms with van der Waals surface area (Å²) in [5.74, 6) is 0.257. The number of nitrogens with zero attached hydrogens (tertiary/aromatic N) is 1. The van der Waals surface area contributed by atoms with Crippen LogP contribution in [0.25, 0.3) is 11.3 Å². The van der Waals surface area contributed by atoms with Crippen molar-refractivity contribution in [3.05, 3.63) is 75.5 Å². The van der Waals surface area contributed by atoms with E-state index >= 15 is 0 Å². The topological polar surface area (TPSA) is 55.1 Å². The van der Waals surface area contributed by atoms with Crippen molar-refractivity contribution in [2.24, 2.45) is 0 Å². The fourth-order valence-electron chi connectivity index (χ4n) is 2.57. The predicted octanol–water partition coefficient (Wildman–Crippen LogP) is 4.93. The molecule has 0 radical (unpaired) electrons. The van der Waals surface area contributed by atoms with Gasteiger partial charge in [-0.1, -0.05) is 70.8 Å². The minimum Gasteiger partial charge on any atom is -0.360 e. The van der Waals surface area contributed by atoms with Gasteiger partial charge < -0.3 is 9.84 Å². The molecular weight excluding hydrogens is 359 g/mol. The third-order valence-electron chi connectivity index (χ3n) is 3.85. The molecule has 6 heteroatoms. The Balaban J connectivity index is 1.72. The highest BCUT2D eigenvalue weighted by Gasteiger charge is 2.21. The van der Waals surface area contributed by atoms with E-state index in [4.69, 9.17) is 27.7 Å². The van der Waals surface area contributed by atoms with Gasteiger partial charge in [0.25, 0.3) is 5.91 Å². The van der Waals surface area contributed by atoms with Gasteiger partial charge in [0.1, 0.15) is 17.0 Å². The van der Waals surface area contributed by atoms with Crippen molar-refractivity contribution >= 4 is 29.1 Å². The van der Waals surface area contributed by atoms with E-state index in [1.165, 1.54) is 0 Å². The van der Waals surface area contributed by atoms with Gasteiger partial charge in [-0.15, -0.1) is 0 Å². The molecule has 1 heterocycles. The zero-order valence-corrected chi connectivity index (χ0v) is 15.1. The normalized spacial score (nSPS) is 10.7. The maximum atomic E-state index is 12.6. The van der Waals surface area contributed by atoms with Gasteiger partial charge in [0.05, 0.1) is 10.0 Å². The molecule has 0 atom stereocenters. The van der Waals surface area contributed by atoms with Crippen LogP contribution in [0.2, 0.25) is 10.0 Å². The smallest absolute Gasteiger partial charge is 0.257 e. The van der Waals surface area contributed by atoms with Crippen LogP contribution in [0.5, 0.6) is 0 Å². The second-order valence-electron chi connectivity index (χ2n) is 5.55. The van der Waals surface area contributed by atoms with Crippen molar-refractivity contribution in [3.63, 3.8) is 0 Å². The minimum atomic E-state index is -0.226. The van der Waals surface area contributed by atoms with E-state index < -0.39 is 0 Å². The molecule has 0 spiro atoms. The Kier molecular flexibility index (Phi) is 5.41. The molecule has 25 heavy (non-hydrogen) atoms. The molecule has 3 aromatic rings. The first kappa shape index (κ1) is 17.5. The first-order chi connectivity index (χ1) is 12.1. The van der Waals surface area contributed by atoms with E-state index in [2.05, 4.69) is 10.5 Å². The van der Waals surface area contributed by atoms with E-state index in [0.717, 1.165) is 11.1 Å². The number of aryl methyl sites for hydroxylation is 1. The molecule has 0 aliphatic heterocycles. The third kappa shape index (κ3) is 3.86. The molecule has 0 fully saturated rings. The summed E-state index contributed by atoms with van der Waals surface area (Å²) in [5.41, 5.74) is 2.71. The predicted molar refractivity (Wildman–Crippen MR) is 99.2 cm³/mol. The maximum Gasteiger partial charge on any atom is 0.257 e. The Labute approximate surface area is 155 Å². The highest BCUT2D eigenvalue weighted by molar-refractivity contribution is 6.42. The highest BCUT2D eigenvalue weighted by atomic mass is 35.5. The van der Waals surface area contributed by atoms with Gasteiger partial charge in [0, 0.05) is 12.1 Å². The van der Waals surface area contributed by atoms with Crippen molar-refractivity contribution in [2.45, 2.75) is 13.3 Å². The summed E-state index contributed by atoms with van der Waals surface area (Å²) in [7, 11) is 0. The molecule has 0 saturated carbocycles. The molecule has 128 valence electrons. The fraction of sp³-hybridized carbons (Fsp3) is 0.158. The molecular formula is C19H16Cl2N2O2. The van der Waals surface area contributed by atoms with E-state index in [-0.39, 0.29) is 5.91 Å². The van der Waals surface area contributed by atoms with Gasteiger partial charge in [-0.25, -0.2) is 0 Å². The molecule has 0 aliphatic carbocycles. The number of rotatable bonds is 5. The molecule has 3 rings (SSSR count). The molecule has 1 amide bonds. The van der Waals surface area contributed by atoms with Crippen molar-refractivity contribution in [1.82, 2.24) is 10.5 Å². The van der Waals surface area contributed by atoms with Gasteiger partial charge in [-0.05, 0) is 25.0 Å². The quantitative estimate of drug-likeness (QED) is 0.688. The molecule has 0 aliphatic rings. The number of halogens is 2. The van der Waals surface area contributed by atoms with Crippen LogP contribution in [0.15, 0.2) is 53.1 Å². The lowest BCUT2D eigenvalue weighted by atomic mass is 10.1. The molecule has 4 nitrogen and oxygen atoms in total. The zero-order valence-electron chi connectivity index (χ0n) is 13.6. The molecule has 1 N–H and O–H groups in total. The first-order valence-electron chi connectivity index (χ1n) is 7.80. The van der Waals surface area contributed by atoms with E-state index in [1.54, 1.807) is 13.0 Å². The second-order valence-corrected chi connectivity index (χ2v) is 6.33. The number of hydrogen-bond donors (Lipinski definition) is 1. The first-order valence-corrected chi connectivity index (χ1v) is 8.56. The van der Waals surface area contributed by atoms with Gasteiger partial charge in [-0.3, -0.25) is 4.79 Å². The maximum absolute atomic E-state index is 12.6. The largest absolute Gasteiger partial charge is 0.360 e. The fourth-order valence-corrected chi connectivity index (χ4v) is 2.99. The Hall–Kier alpha value is -2.30. The van der Waals surface area contributed by atoms with E-state index in [9.17, 15) is 4.79 Å². The van der Waals surface area contributed by atoms with E-state index in [1.807, 2.05) is 42.5 Å². The number of aromatic nitrogens is 1. The Bertz CT molecular complexity index is 892. The van der Waals surface area contributed by atoms with Crippen LogP contribution in [0.4, 0.5) is 0 Å². The monoisotopic (exact) mass is 374 g/mol. The summed E-state index contributed by atoms with van der Waals surface area (Å²) in [6, 6.07) is 14.9. The molecule has 0 saturated heterocycles. The van der Waals surface area contributed by atoms with Gasteiger partial charge in [0.15, 0.2) is 0 Å². The number of nitrogens with one attached hydrogen (secondary N) is 1. The lowest BCUT2D eigenvalue weighted by Crippen LogP contribution is -2.26. The van der Waals surface area contributed by atoms with Crippen LogP contribution in [-0.2, 0) is 6.42 Å². The SMILES string of the molecule is Cc1onc(-c2ccccc2)c1C(=O)NCCc1cccc(Cl)c1Cl. The van der Waals surface area contributed by atoms with Gasteiger partial charge in [-0.2, -0.15) is 0 Å². The van der Waals surface area contributed by atoms with Crippen LogP contribution in [-0.4, -0.2) is 17.6 Å². The van der Waals surface area contributed by atoms with Crippen LogP contribution < -0.4 is 5.32 Å². The molecule has 1 aromatic heterocycles. The molecule has 0 bridgehead atoms. The average molecular weight is 375 g/mol. The highest BCUT2D eigenvalue weighted by Crippen LogP contribution is 2.26. The lowest BCUT2D eigenvalue weighted by Gasteiger charge is -2.08. The number of amides is 1. The summed E-state index contributed by atoms with van der Waals surface area (Å²) in [6.07, 6.45) is 0.579. The summed E-state index contributed by atoms with van der Waals surface area (Å²) in [4.78, 5) is 12.6. The van der Waals surface area contributed by atoms with Crippen LogP contribution >= 0.6 is 23.2 Å². The number of hydrogen-bond acceptors (Lipinski definition) is 3. The third-order valence-corrected chi connectivity index (χ3v) is 4.71. The number of benzene rings is 2. The molecule has 2 aromatic carbocycles. The Morgan fingerprint density at radius 1 is 1.12 bits per heavy atom. The lowest BCUT2D eigenvalue weighted by molar-refractivity contribution is 0.0953. The summed E-state index contributed by atoms with van der Waals surface area (Å²) in [5, 5.41) is 7.94. The standard InChI is InChI=1S/C19H16Cl2N2O2/c1-12-16(18(23-25-12)14-6-3-2-4-7-14)19(24)22-11-10-13-8-5-9-15(20)17(13)21/h2-9H,10-11H2,1H3,(H,22,24). The number of carbonyl (C=O) groups excluding carboxylic acids is 1. The van der Waals surface area contributed by atoms with Crippen LogP contribution in [0.1, 0.15) is 21.7 Å². The number of carbonyl (C=O) groups is 1. The Morgan fingerprint density at radius 3 is 2.64 bits per heavy atom. The van der Waals surface area contributed by atoms with Gasteiger partial charge in [0.2, 0.25) is 0 Å². The Morgan fingerprint density at radius 2 is 1.88 bits per heavy atom. The zero-order chi connectivity index (χ0) is 17.8. The summed E-state index contributed by atoms with van der Waals surface area (Å²) in [6.45, 7) is 2.15. The second kappa shape index (κ2) is 7.72. The van der Waals surface area contributed by atoms with Crippen molar-refractivity contribution in [2.75, 3.05) is 6.54 Å². The van der Waals surface area contributed by atoms with Crippen LogP contribution in [0.3, 0.4) is 0 Å². The summed E-state index contributed by atoms with van der Waals surface area (Å²) >= 11 is 12.2. The van der Waals surface area contributed by atoms with Gasteiger partial charge >= 0.3 is 0 Å². The minimum absolute atomic E-state index is 0.226. The van der Waals surface area contributed by atoms with E-state index in [0.29, 0.717) is 40.0 Å². The molecule has 0 unspecified atom stereocenters. The van der Waals surface area contributed by atoms with Crippen molar-refractivity contribution in [1.29, 1.82) is 0 Å². The van der Waals surface area contributed by atoms with Crippen LogP contribution in [0, 0.1) is 6.92 Å². The average Bonchev–Trinajstić information content (AvgIpc) is 3.01. The van der Waals surface area contributed by atoms with Crippen molar-refractivity contribution < 1.29 is 9.32 Å². The summed E-state index contributed by atoms with van der Waals surface area (Å²) < 4.78 is 5.22. The van der Waals surface area contributed by atoms with Crippen molar-refractivity contribution in [3.8, 4) is 11.3 Å².